The highest BCUT2D eigenvalue weighted by molar-refractivity contribution is 7.85. The lowest BCUT2D eigenvalue weighted by atomic mass is 9.93. The molecule has 0 fully saturated rings. The van der Waals surface area contributed by atoms with Crippen molar-refractivity contribution in [2.45, 2.75) is 0 Å². The van der Waals surface area contributed by atoms with Crippen LogP contribution >= 0.6 is 7.14 Å². The molecule has 6 heteroatoms. The minimum atomic E-state index is -3.18. The van der Waals surface area contributed by atoms with Crippen LogP contribution in [0, 0.1) is 0 Å². The molecule has 0 aliphatic heterocycles. The van der Waals surface area contributed by atoms with E-state index in [4.69, 9.17) is 19.9 Å². The maximum Gasteiger partial charge on any atom is 0.171 e. The molecule has 0 amide bonds. The fourth-order valence-electron chi connectivity index (χ4n) is 8.52. The van der Waals surface area contributed by atoms with Crippen molar-refractivity contribution < 1.29 is 4.57 Å². The second-order valence-corrected chi connectivity index (χ2v) is 18.1. The van der Waals surface area contributed by atoms with E-state index in [0.29, 0.717) is 17.5 Å². The fourth-order valence-corrected chi connectivity index (χ4v) is 11.2. The predicted molar refractivity (Wildman–Crippen MR) is 257 cm³/mol. The van der Waals surface area contributed by atoms with Gasteiger partial charge in [-0.3, -0.25) is 0 Å². The first-order valence-electron chi connectivity index (χ1n) is 20.7. The van der Waals surface area contributed by atoms with E-state index in [-0.39, 0.29) is 0 Å². The molecule has 0 N–H and O–H groups in total. The predicted octanol–water partition coefficient (Wildman–Crippen LogP) is 12.7. The highest BCUT2D eigenvalue weighted by atomic mass is 31.2. The Bertz CT molecular complexity index is 3390. The van der Waals surface area contributed by atoms with Crippen LogP contribution in [0.5, 0.6) is 0 Å². The van der Waals surface area contributed by atoms with E-state index in [1.807, 2.05) is 133 Å². The number of benzene rings is 9. The monoisotopic (exact) mass is 812 g/mol. The van der Waals surface area contributed by atoms with Crippen molar-refractivity contribution in [3.63, 3.8) is 0 Å². The van der Waals surface area contributed by atoms with Crippen molar-refractivity contribution in [1.82, 2.24) is 19.9 Å². The van der Waals surface area contributed by atoms with Crippen molar-refractivity contribution in [3.05, 3.63) is 224 Å². The molecule has 11 rings (SSSR count). The Balaban J connectivity index is 1.08. The van der Waals surface area contributed by atoms with Gasteiger partial charge < -0.3 is 4.57 Å². The summed E-state index contributed by atoms with van der Waals surface area (Å²) in [7, 11) is -3.18. The number of rotatable bonds is 8. The van der Waals surface area contributed by atoms with Crippen LogP contribution in [0.4, 0.5) is 0 Å². The molecule has 0 radical (unpaired) electrons. The van der Waals surface area contributed by atoms with Crippen molar-refractivity contribution in [2.24, 2.45) is 0 Å². The van der Waals surface area contributed by atoms with Crippen LogP contribution in [0.25, 0.3) is 89.0 Å². The first-order chi connectivity index (χ1) is 30.6. The SMILES string of the molecule is O=P(c1ccccc1)(c1ccccc1)c1cccc(-c2ccc3c(c2)nc(-c2cccc(-c4nc(-c5ccccc5)nc(-c5ccccc5)n4)c2)c2ccc4ccccc4c23)c1. The molecule has 11 aromatic rings. The van der Waals surface area contributed by atoms with Gasteiger partial charge in [-0.1, -0.05) is 206 Å². The number of nitrogens with zero attached hydrogens (tertiary/aromatic N) is 4. The highest BCUT2D eigenvalue weighted by Crippen LogP contribution is 2.44. The molecule has 0 aliphatic carbocycles. The maximum absolute atomic E-state index is 15.4. The third-order valence-electron chi connectivity index (χ3n) is 11.6. The zero-order chi connectivity index (χ0) is 41.5. The quantitative estimate of drug-likeness (QED) is 0.113. The van der Waals surface area contributed by atoms with Gasteiger partial charge in [0.2, 0.25) is 0 Å². The average Bonchev–Trinajstić information content (AvgIpc) is 3.36. The molecule has 62 heavy (non-hydrogen) atoms. The second kappa shape index (κ2) is 15.6. The fraction of sp³-hybridized carbons (Fsp3) is 0. The molecule has 2 aromatic heterocycles. The molecule has 0 bridgehead atoms. The van der Waals surface area contributed by atoms with Gasteiger partial charge in [0.05, 0.1) is 11.2 Å². The van der Waals surface area contributed by atoms with Crippen molar-refractivity contribution >= 4 is 55.5 Å². The van der Waals surface area contributed by atoms with E-state index >= 15 is 4.57 Å². The molecule has 5 nitrogen and oxygen atoms in total. The zero-order valence-corrected chi connectivity index (χ0v) is 34.4. The minimum absolute atomic E-state index is 0.584. The van der Waals surface area contributed by atoms with Crippen LogP contribution < -0.4 is 15.9 Å². The van der Waals surface area contributed by atoms with Gasteiger partial charge >= 0.3 is 0 Å². The molecule has 0 atom stereocenters. The summed E-state index contributed by atoms with van der Waals surface area (Å²) in [5.41, 5.74) is 7.34. The van der Waals surface area contributed by atoms with E-state index < -0.39 is 7.14 Å². The molecule has 292 valence electrons. The Kier molecular flexibility index (Phi) is 9.37. The lowest BCUT2D eigenvalue weighted by Gasteiger charge is -2.21. The van der Waals surface area contributed by atoms with Crippen molar-refractivity contribution in [3.8, 4) is 56.5 Å². The van der Waals surface area contributed by atoms with E-state index in [2.05, 4.69) is 91.0 Å². The number of pyridine rings is 1. The van der Waals surface area contributed by atoms with E-state index in [0.717, 1.165) is 87.4 Å². The third kappa shape index (κ3) is 6.66. The van der Waals surface area contributed by atoms with Gasteiger partial charge in [-0.25, -0.2) is 19.9 Å². The van der Waals surface area contributed by atoms with Crippen LogP contribution in [0.1, 0.15) is 0 Å². The summed E-state index contributed by atoms with van der Waals surface area (Å²) < 4.78 is 15.4. The minimum Gasteiger partial charge on any atom is -0.309 e. The van der Waals surface area contributed by atoms with Gasteiger partial charge in [0.15, 0.2) is 24.6 Å². The summed E-state index contributed by atoms with van der Waals surface area (Å²) >= 11 is 0. The van der Waals surface area contributed by atoms with Gasteiger partial charge in [0.1, 0.15) is 0 Å². The van der Waals surface area contributed by atoms with Gasteiger partial charge in [-0.2, -0.15) is 0 Å². The van der Waals surface area contributed by atoms with Crippen LogP contribution in [-0.2, 0) is 4.57 Å². The summed E-state index contributed by atoms with van der Waals surface area (Å²) in [6.07, 6.45) is 0. The van der Waals surface area contributed by atoms with Crippen LogP contribution in [0.3, 0.4) is 0 Å². The van der Waals surface area contributed by atoms with Gasteiger partial charge in [0.25, 0.3) is 0 Å². The van der Waals surface area contributed by atoms with Gasteiger partial charge in [-0.15, -0.1) is 0 Å². The average molecular weight is 813 g/mol. The Morgan fingerprint density at radius 3 is 1.45 bits per heavy atom. The van der Waals surface area contributed by atoms with Gasteiger partial charge in [0, 0.05) is 54.3 Å². The smallest absolute Gasteiger partial charge is 0.171 e. The number of hydrogen-bond acceptors (Lipinski definition) is 5. The molecular weight excluding hydrogens is 776 g/mol. The Morgan fingerprint density at radius 2 is 0.790 bits per heavy atom. The molecule has 0 unspecified atom stereocenters. The summed E-state index contributed by atoms with van der Waals surface area (Å²) in [4.78, 5) is 20.5. The molecule has 2 heterocycles. The molecular formula is C56H37N4OP. The Labute approximate surface area is 359 Å². The number of aromatic nitrogens is 4. The van der Waals surface area contributed by atoms with Gasteiger partial charge in [-0.05, 0) is 40.1 Å². The maximum atomic E-state index is 15.4. The molecule has 0 saturated heterocycles. The lowest BCUT2D eigenvalue weighted by molar-refractivity contribution is 0.592. The standard InChI is InChI=1S/C56H37N4OP/c61-62(45-25-9-3-10-26-45,46-27-11-4-12-28-46)47-29-16-22-41(36-47)42-32-33-49-51(37-42)57-53(50-34-31-38-17-13-14-30-48(38)52(49)50)43-23-15-24-44(35-43)56-59-54(39-18-5-1-6-19-39)58-55(60-56)40-20-7-2-8-21-40/h1-37H. The third-order valence-corrected chi connectivity index (χ3v) is 14.6. The number of fused-ring (bicyclic) bond motifs is 5. The van der Waals surface area contributed by atoms with E-state index in [1.165, 1.54) is 0 Å². The summed E-state index contributed by atoms with van der Waals surface area (Å²) in [6, 6.07) is 75.7. The molecule has 9 aromatic carbocycles. The normalized spacial score (nSPS) is 11.6. The highest BCUT2D eigenvalue weighted by Gasteiger charge is 2.30. The summed E-state index contributed by atoms with van der Waals surface area (Å²) in [5.74, 6) is 1.81. The zero-order valence-electron chi connectivity index (χ0n) is 33.5. The van der Waals surface area contributed by atoms with Crippen LogP contribution in [0.2, 0.25) is 0 Å². The lowest BCUT2D eigenvalue weighted by Crippen LogP contribution is -2.25. The number of hydrogen-bond donors (Lipinski definition) is 0. The largest absolute Gasteiger partial charge is 0.309 e. The topological polar surface area (TPSA) is 68.6 Å². The Hall–Kier alpha value is -7.85. The van der Waals surface area contributed by atoms with E-state index in [1.54, 1.807) is 0 Å². The summed E-state index contributed by atoms with van der Waals surface area (Å²) in [5, 5.41) is 7.98. The Morgan fingerprint density at radius 1 is 0.306 bits per heavy atom. The summed E-state index contributed by atoms with van der Waals surface area (Å²) in [6.45, 7) is 0. The first kappa shape index (κ1) is 37.2. The van der Waals surface area contributed by atoms with E-state index in [9.17, 15) is 0 Å². The molecule has 0 aliphatic rings. The van der Waals surface area contributed by atoms with Crippen molar-refractivity contribution in [2.75, 3.05) is 0 Å². The molecule has 0 saturated carbocycles. The van der Waals surface area contributed by atoms with Crippen molar-refractivity contribution in [1.29, 1.82) is 0 Å². The molecule has 0 spiro atoms. The second-order valence-electron chi connectivity index (χ2n) is 15.4. The van der Waals surface area contributed by atoms with Crippen LogP contribution in [-0.4, -0.2) is 19.9 Å². The first-order valence-corrected chi connectivity index (χ1v) is 22.4. The van der Waals surface area contributed by atoms with Crippen LogP contribution in [0.15, 0.2) is 224 Å².